The number of hydrogen-bond donors (Lipinski definition) is 15. The maximum absolute atomic E-state index is 14.7. The molecule has 0 radical (unpaired) electrons. The molecule has 74 heavy (non-hydrogen) atoms. The Balaban J connectivity index is 1.54. The van der Waals surface area contributed by atoms with Gasteiger partial charge in [-0.2, -0.15) is 0 Å². The SMILES string of the molecule is CCCC[C@H](NC(C)O)C(=O)N[C@H]1CCCNC(=O)CC[C@@H](C(N)=O)NC(=O)[C@H](Cc2c[nH]c3ccccc23)NC(=O)[C@H](CCCNC(=N)N)NC(=O)[C@@H](Cc2ccccc2)NC(=O)[C@H](Cc2c[nH]cn2)NC1=O. The second-order valence-corrected chi connectivity index (χ2v) is 18.3. The third kappa shape index (κ3) is 18.3. The topological polar surface area (TPSA) is 385 Å². The molecule has 1 aliphatic rings. The predicted octanol–water partition coefficient (Wildman–Crippen LogP) is -1.25. The van der Waals surface area contributed by atoms with E-state index in [-0.39, 0.29) is 76.8 Å². The van der Waals surface area contributed by atoms with Crippen molar-refractivity contribution in [3.05, 3.63) is 90.1 Å². The van der Waals surface area contributed by atoms with Gasteiger partial charge in [-0.05, 0) is 62.6 Å². The number of benzene rings is 2. The second kappa shape index (κ2) is 29.0. The van der Waals surface area contributed by atoms with Crippen LogP contribution in [-0.2, 0) is 57.6 Å². The van der Waals surface area contributed by atoms with Crippen LogP contribution in [0.25, 0.3) is 10.9 Å². The molecule has 0 saturated carbocycles. The Morgan fingerprint density at radius 1 is 0.797 bits per heavy atom. The van der Waals surface area contributed by atoms with Gasteiger partial charge in [0.05, 0.1) is 18.1 Å². The fourth-order valence-electron chi connectivity index (χ4n) is 8.48. The van der Waals surface area contributed by atoms with E-state index in [0.717, 1.165) is 17.3 Å². The van der Waals surface area contributed by atoms with Crippen LogP contribution in [0.15, 0.2) is 73.3 Å². The predicted molar refractivity (Wildman–Crippen MR) is 274 cm³/mol. The van der Waals surface area contributed by atoms with Crippen molar-refractivity contribution in [3.63, 3.8) is 0 Å². The minimum Gasteiger partial charge on any atom is -0.379 e. The number of para-hydroxylation sites is 1. The molecule has 2 aromatic heterocycles. The smallest absolute Gasteiger partial charge is 0.243 e. The van der Waals surface area contributed by atoms with E-state index in [4.69, 9.17) is 16.9 Å². The normalized spacial score (nSPS) is 21.9. The van der Waals surface area contributed by atoms with Gasteiger partial charge in [-0.3, -0.25) is 49.1 Å². The van der Waals surface area contributed by atoms with E-state index >= 15 is 0 Å². The highest BCUT2D eigenvalue weighted by Crippen LogP contribution is 2.20. The summed E-state index contributed by atoms with van der Waals surface area (Å²) in [4.78, 5) is 123. The highest BCUT2D eigenvalue weighted by atomic mass is 16.3. The van der Waals surface area contributed by atoms with Crippen LogP contribution < -0.4 is 59.3 Å². The first-order chi connectivity index (χ1) is 35.5. The summed E-state index contributed by atoms with van der Waals surface area (Å²) >= 11 is 0. The molecule has 0 aliphatic carbocycles. The maximum Gasteiger partial charge on any atom is 0.243 e. The maximum atomic E-state index is 14.7. The van der Waals surface area contributed by atoms with Gasteiger partial charge in [-0.15, -0.1) is 0 Å². The van der Waals surface area contributed by atoms with Gasteiger partial charge in [0.2, 0.25) is 47.3 Å². The van der Waals surface area contributed by atoms with Crippen molar-refractivity contribution in [3.8, 4) is 0 Å². The summed E-state index contributed by atoms with van der Waals surface area (Å²) in [6, 6.07) is 7.05. The van der Waals surface area contributed by atoms with E-state index in [1.165, 1.54) is 19.4 Å². The summed E-state index contributed by atoms with van der Waals surface area (Å²) < 4.78 is 0. The van der Waals surface area contributed by atoms with Gasteiger partial charge in [0.15, 0.2) is 5.96 Å². The second-order valence-electron chi connectivity index (χ2n) is 18.3. The minimum absolute atomic E-state index is 0.00936. The van der Waals surface area contributed by atoms with Gasteiger partial charge < -0.3 is 69.1 Å². The number of aliphatic hydroxyl groups excluding tert-OH is 1. The van der Waals surface area contributed by atoms with Crippen molar-refractivity contribution < 1.29 is 43.5 Å². The Morgan fingerprint density at radius 3 is 2.12 bits per heavy atom. The monoisotopic (exact) mass is 1030 g/mol. The van der Waals surface area contributed by atoms with Gasteiger partial charge in [-0.1, -0.05) is 68.3 Å². The molecule has 1 unspecified atom stereocenters. The number of nitrogens with two attached hydrogens (primary N) is 2. The number of carbonyl (C=O) groups is 8. The molecule has 0 spiro atoms. The molecule has 0 bridgehead atoms. The van der Waals surface area contributed by atoms with Crippen LogP contribution in [0, 0.1) is 5.41 Å². The first-order valence-electron chi connectivity index (χ1n) is 25.0. The molecule has 1 aliphatic heterocycles. The van der Waals surface area contributed by atoms with Gasteiger partial charge in [0.1, 0.15) is 42.5 Å². The van der Waals surface area contributed by atoms with E-state index in [9.17, 15) is 43.5 Å². The molecule has 8 atom stereocenters. The summed E-state index contributed by atoms with van der Waals surface area (Å²) in [5.74, 6) is -6.38. The molecule has 1 saturated heterocycles. The standard InChI is InChI=1S/C50H71N15O9/c1-3-4-15-36(59-29(2)66)44(69)61-37-17-10-21-55-42(67)20-19-35(43(51)68)60-48(73)40(24-31-26-57-34-16-9-8-14-33(31)34)64-45(70)38(18-11-22-56-50(52)53)62-47(72)39(23-30-12-6-5-7-13-30)63-49(74)41(65-46(37)71)25-32-27-54-28-58-32/h5-9,12-14,16,26-29,35-41,57,59,66H,3-4,10-11,15,17-25H2,1-2H3,(H2,51,68)(H,54,58)(H,55,67)(H,60,73)(H,61,69)(H,62,72)(H,63,74)(H,64,70)(H,65,71)(H4,52,53,56)/t29?,35-,36-,37-,38-,39+,40-,41-/m0/s1. The lowest BCUT2D eigenvalue weighted by atomic mass is 10.0. The third-order valence-electron chi connectivity index (χ3n) is 12.4. The number of aromatic amines is 2. The van der Waals surface area contributed by atoms with Gasteiger partial charge in [-0.25, -0.2) is 4.98 Å². The average molecular weight is 1030 g/mol. The highest BCUT2D eigenvalue weighted by molar-refractivity contribution is 5.98. The molecule has 17 N–H and O–H groups in total. The lowest BCUT2D eigenvalue weighted by Crippen LogP contribution is -2.61. The molecule has 5 rings (SSSR count). The number of nitrogens with zero attached hydrogens (tertiary/aromatic N) is 1. The number of rotatable bonds is 18. The Morgan fingerprint density at radius 2 is 1.45 bits per heavy atom. The van der Waals surface area contributed by atoms with Crippen LogP contribution in [0.2, 0.25) is 0 Å². The van der Waals surface area contributed by atoms with E-state index in [1.54, 1.807) is 36.5 Å². The number of hydrogen-bond acceptors (Lipinski definition) is 12. The zero-order chi connectivity index (χ0) is 53.6. The van der Waals surface area contributed by atoms with Crippen LogP contribution in [-0.4, -0.2) is 135 Å². The Hall–Kier alpha value is -7.86. The van der Waals surface area contributed by atoms with Gasteiger partial charge >= 0.3 is 0 Å². The van der Waals surface area contributed by atoms with E-state index in [1.807, 2.05) is 31.2 Å². The van der Waals surface area contributed by atoms with E-state index in [0.29, 0.717) is 29.7 Å². The molecular formula is C50H71N15O9. The van der Waals surface area contributed by atoms with Crippen LogP contribution in [0.5, 0.6) is 0 Å². The average Bonchev–Trinajstić information content (AvgIpc) is 4.04. The van der Waals surface area contributed by atoms with Crippen LogP contribution >= 0.6 is 0 Å². The molecule has 24 heteroatoms. The van der Waals surface area contributed by atoms with Gasteiger partial charge in [0.25, 0.3) is 0 Å². The number of imidazole rings is 1. The first kappa shape index (κ1) is 57.0. The first-order valence-corrected chi connectivity index (χ1v) is 25.0. The van der Waals surface area contributed by atoms with Crippen molar-refractivity contribution >= 4 is 64.1 Å². The summed E-state index contributed by atoms with van der Waals surface area (Å²) in [5, 5.41) is 43.2. The highest BCUT2D eigenvalue weighted by Gasteiger charge is 2.35. The Kier molecular flexibility index (Phi) is 22.4. The molecule has 24 nitrogen and oxygen atoms in total. The molecule has 400 valence electrons. The zero-order valence-electron chi connectivity index (χ0n) is 41.8. The number of aliphatic hydroxyl groups is 1. The number of amides is 8. The van der Waals surface area contributed by atoms with Gasteiger partial charge in [0, 0.05) is 62.1 Å². The van der Waals surface area contributed by atoms with Crippen LogP contribution in [0.1, 0.15) is 88.5 Å². The van der Waals surface area contributed by atoms with E-state index < -0.39 is 95.8 Å². The zero-order valence-corrected chi connectivity index (χ0v) is 41.8. The molecular weight excluding hydrogens is 955 g/mol. The summed E-state index contributed by atoms with van der Waals surface area (Å²) in [6.07, 6.45) is 4.65. The number of guanidine groups is 1. The molecule has 3 heterocycles. The lowest BCUT2D eigenvalue weighted by molar-refractivity contribution is -0.135. The number of primary amides is 1. The largest absolute Gasteiger partial charge is 0.379 e. The molecule has 2 aromatic carbocycles. The number of unbranched alkanes of at least 4 members (excludes halogenated alkanes) is 1. The number of aromatic nitrogens is 3. The minimum atomic E-state index is -1.39. The van der Waals surface area contributed by atoms with Crippen molar-refractivity contribution in [1.82, 2.24) is 62.8 Å². The fraction of sp³-hybridized carbons (Fsp3) is 0.480. The third-order valence-corrected chi connectivity index (χ3v) is 12.4. The lowest BCUT2D eigenvalue weighted by Gasteiger charge is -2.28. The van der Waals surface area contributed by atoms with E-state index in [2.05, 4.69) is 62.8 Å². The number of nitrogens with one attached hydrogen (secondary N) is 12. The Bertz CT molecular complexity index is 2520. The fourth-order valence-corrected chi connectivity index (χ4v) is 8.48. The summed E-state index contributed by atoms with van der Waals surface area (Å²) in [5.41, 5.74) is 13.7. The number of fused-ring (bicyclic) bond motifs is 1. The van der Waals surface area contributed by atoms with Crippen molar-refractivity contribution in [2.24, 2.45) is 11.5 Å². The van der Waals surface area contributed by atoms with Crippen molar-refractivity contribution in [2.45, 2.75) is 139 Å². The van der Waals surface area contributed by atoms with Crippen molar-refractivity contribution in [2.75, 3.05) is 13.1 Å². The van der Waals surface area contributed by atoms with Crippen LogP contribution in [0.4, 0.5) is 0 Å². The summed E-state index contributed by atoms with van der Waals surface area (Å²) in [7, 11) is 0. The quantitative estimate of drug-likeness (QED) is 0.0240. The Labute approximate surface area is 428 Å². The molecule has 1 fully saturated rings. The van der Waals surface area contributed by atoms with Crippen LogP contribution in [0.3, 0.4) is 0 Å². The number of carbonyl (C=O) groups excluding carboxylic acids is 8. The summed E-state index contributed by atoms with van der Waals surface area (Å²) in [6.45, 7) is 3.53. The number of H-pyrrole nitrogens is 2. The molecule has 8 amide bonds. The molecule has 4 aromatic rings. The van der Waals surface area contributed by atoms with Crippen molar-refractivity contribution in [1.29, 1.82) is 5.41 Å².